The second-order valence-electron chi connectivity index (χ2n) is 2.34. The highest BCUT2D eigenvalue weighted by atomic mass is 79.9. The molecule has 0 aromatic carbocycles. The van der Waals surface area contributed by atoms with Gasteiger partial charge in [0, 0.05) is 6.54 Å². The van der Waals surface area contributed by atoms with Gasteiger partial charge in [0.25, 0.3) is 5.56 Å². The molecule has 1 rings (SSSR count). The van der Waals surface area contributed by atoms with Crippen LogP contribution < -0.4 is 5.56 Å². The Morgan fingerprint density at radius 3 is 3.00 bits per heavy atom. The molecule has 0 radical (unpaired) electrons. The van der Waals surface area contributed by atoms with E-state index in [2.05, 4.69) is 21.0 Å². The van der Waals surface area contributed by atoms with Crippen LogP contribution in [0, 0.1) is 0 Å². The highest BCUT2D eigenvalue weighted by molar-refractivity contribution is 9.10. The van der Waals surface area contributed by atoms with Gasteiger partial charge in [0.15, 0.2) is 5.15 Å². The van der Waals surface area contributed by atoms with E-state index in [0.29, 0.717) is 16.2 Å². The summed E-state index contributed by atoms with van der Waals surface area (Å²) >= 11 is 8.77. The summed E-state index contributed by atoms with van der Waals surface area (Å²) in [4.78, 5) is 11.3. The van der Waals surface area contributed by atoms with Crippen molar-refractivity contribution in [3.8, 4) is 0 Å². The topological polar surface area (TPSA) is 34.9 Å². The normalized spacial score (nSPS) is 10.2. The lowest BCUT2D eigenvalue weighted by Crippen LogP contribution is -2.23. The van der Waals surface area contributed by atoms with Crippen molar-refractivity contribution in [2.45, 2.75) is 19.9 Å². The minimum absolute atomic E-state index is 0.138. The first-order valence-corrected chi connectivity index (χ1v) is 4.75. The highest BCUT2D eigenvalue weighted by Crippen LogP contribution is 2.08. The molecule has 0 spiro atoms. The summed E-state index contributed by atoms with van der Waals surface area (Å²) in [7, 11) is 0. The van der Waals surface area contributed by atoms with Crippen molar-refractivity contribution in [2.75, 3.05) is 0 Å². The van der Waals surface area contributed by atoms with Gasteiger partial charge in [0.05, 0.1) is 4.47 Å². The smallest absolute Gasteiger partial charge is 0.267 e. The van der Waals surface area contributed by atoms with Gasteiger partial charge >= 0.3 is 0 Å². The van der Waals surface area contributed by atoms with Crippen molar-refractivity contribution in [3.05, 3.63) is 26.0 Å². The first-order chi connectivity index (χ1) is 5.65. The van der Waals surface area contributed by atoms with Crippen molar-refractivity contribution < 1.29 is 0 Å². The average Bonchev–Trinajstić information content (AvgIpc) is 2.00. The van der Waals surface area contributed by atoms with Crippen LogP contribution in [-0.2, 0) is 6.54 Å². The SMILES string of the molecule is CCCn1nc(Cl)cc(Br)c1=O. The molecule has 0 aliphatic heterocycles. The third kappa shape index (κ3) is 2.08. The third-order valence-corrected chi connectivity index (χ3v) is 2.09. The molecule has 0 saturated heterocycles. The lowest BCUT2D eigenvalue weighted by Gasteiger charge is -2.02. The van der Waals surface area contributed by atoms with Gasteiger partial charge in [0.2, 0.25) is 0 Å². The Morgan fingerprint density at radius 1 is 1.75 bits per heavy atom. The van der Waals surface area contributed by atoms with E-state index >= 15 is 0 Å². The summed E-state index contributed by atoms with van der Waals surface area (Å²) in [5.74, 6) is 0. The van der Waals surface area contributed by atoms with Crippen LogP contribution >= 0.6 is 27.5 Å². The van der Waals surface area contributed by atoms with Gasteiger partial charge in [-0.05, 0) is 28.4 Å². The molecular weight excluding hydrogens is 243 g/mol. The van der Waals surface area contributed by atoms with Crippen molar-refractivity contribution in [2.24, 2.45) is 0 Å². The molecule has 0 aliphatic carbocycles. The Morgan fingerprint density at radius 2 is 2.42 bits per heavy atom. The maximum Gasteiger partial charge on any atom is 0.281 e. The Balaban J connectivity index is 3.19. The van der Waals surface area contributed by atoms with Crippen LogP contribution in [0.3, 0.4) is 0 Å². The molecule has 0 saturated carbocycles. The number of halogens is 2. The zero-order valence-corrected chi connectivity index (χ0v) is 8.89. The molecule has 0 N–H and O–H groups in total. The first kappa shape index (κ1) is 9.74. The minimum Gasteiger partial charge on any atom is -0.267 e. The maximum atomic E-state index is 11.3. The quantitative estimate of drug-likeness (QED) is 0.806. The molecule has 0 atom stereocenters. The van der Waals surface area contributed by atoms with Gasteiger partial charge in [0.1, 0.15) is 0 Å². The molecule has 0 fully saturated rings. The molecule has 0 bridgehead atoms. The number of hydrogen-bond donors (Lipinski definition) is 0. The summed E-state index contributed by atoms with van der Waals surface area (Å²) in [5.41, 5.74) is -0.138. The van der Waals surface area contributed by atoms with Gasteiger partial charge in [-0.1, -0.05) is 18.5 Å². The molecule has 66 valence electrons. The molecule has 1 aromatic heterocycles. The van der Waals surface area contributed by atoms with Gasteiger partial charge in [-0.25, -0.2) is 4.68 Å². The van der Waals surface area contributed by atoms with Crippen LogP contribution in [0.1, 0.15) is 13.3 Å². The van der Waals surface area contributed by atoms with E-state index in [-0.39, 0.29) is 5.56 Å². The number of aromatic nitrogens is 2. The first-order valence-electron chi connectivity index (χ1n) is 3.58. The summed E-state index contributed by atoms with van der Waals surface area (Å²) < 4.78 is 1.81. The van der Waals surface area contributed by atoms with Gasteiger partial charge in [-0.15, -0.1) is 0 Å². The van der Waals surface area contributed by atoms with Crippen LogP contribution in [0.25, 0.3) is 0 Å². The van der Waals surface area contributed by atoms with Crippen molar-refractivity contribution in [1.82, 2.24) is 9.78 Å². The predicted molar refractivity (Wildman–Crippen MR) is 51.5 cm³/mol. The fourth-order valence-electron chi connectivity index (χ4n) is 0.843. The Labute approximate surface area is 83.5 Å². The Kier molecular flexibility index (Phi) is 3.29. The standard InChI is InChI=1S/C7H8BrClN2O/c1-2-3-11-7(12)5(8)4-6(9)10-11/h4H,2-3H2,1H3. The third-order valence-electron chi connectivity index (χ3n) is 1.34. The number of nitrogens with zero attached hydrogens (tertiary/aromatic N) is 2. The monoisotopic (exact) mass is 250 g/mol. The zero-order valence-electron chi connectivity index (χ0n) is 6.55. The lowest BCUT2D eigenvalue weighted by molar-refractivity contribution is 0.565. The fraction of sp³-hybridized carbons (Fsp3) is 0.429. The van der Waals surface area contributed by atoms with Crippen LogP contribution in [0.15, 0.2) is 15.3 Å². The van der Waals surface area contributed by atoms with E-state index in [0.717, 1.165) is 6.42 Å². The summed E-state index contributed by atoms with van der Waals surface area (Å²) in [5, 5.41) is 4.19. The van der Waals surface area contributed by atoms with Crippen LogP contribution in [0.5, 0.6) is 0 Å². The average molecular weight is 252 g/mol. The molecule has 1 aromatic rings. The van der Waals surface area contributed by atoms with Crippen molar-refractivity contribution in [3.63, 3.8) is 0 Å². The molecule has 0 unspecified atom stereocenters. The van der Waals surface area contributed by atoms with E-state index in [9.17, 15) is 4.79 Å². The predicted octanol–water partition coefficient (Wildman–Crippen LogP) is 2.07. The Hall–Kier alpha value is -0.350. The number of rotatable bonds is 2. The minimum atomic E-state index is -0.138. The van der Waals surface area contributed by atoms with E-state index in [1.165, 1.54) is 10.7 Å². The molecular formula is C7H8BrClN2O. The molecule has 5 heteroatoms. The molecule has 3 nitrogen and oxygen atoms in total. The van der Waals surface area contributed by atoms with E-state index in [1.54, 1.807) is 0 Å². The molecule has 1 heterocycles. The zero-order chi connectivity index (χ0) is 9.14. The summed E-state index contributed by atoms with van der Waals surface area (Å²) in [6.07, 6.45) is 0.861. The second-order valence-corrected chi connectivity index (χ2v) is 3.58. The van der Waals surface area contributed by atoms with Gasteiger partial charge < -0.3 is 0 Å². The number of aryl methyl sites for hydroxylation is 1. The van der Waals surface area contributed by atoms with Crippen molar-refractivity contribution in [1.29, 1.82) is 0 Å². The summed E-state index contributed by atoms with van der Waals surface area (Å²) in [6, 6.07) is 1.50. The van der Waals surface area contributed by atoms with Gasteiger partial charge in [-0.2, -0.15) is 5.10 Å². The Bertz CT molecular complexity index is 337. The lowest BCUT2D eigenvalue weighted by atomic mass is 10.5. The number of hydrogen-bond acceptors (Lipinski definition) is 2. The van der Waals surface area contributed by atoms with Crippen molar-refractivity contribution >= 4 is 27.5 Å². The van der Waals surface area contributed by atoms with Crippen LogP contribution in [-0.4, -0.2) is 9.78 Å². The molecule has 0 aliphatic rings. The maximum absolute atomic E-state index is 11.3. The summed E-state index contributed by atoms with van der Waals surface area (Å²) in [6.45, 7) is 2.57. The largest absolute Gasteiger partial charge is 0.281 e. The molecule has 0 amide bonds. The molecule has 12 heavy (non-hydrogen) atoms. The van der Waals surface area contributed by atoms with E-state index in [4.69, 9.17) is 11.6 Å². The van der Waals surface area contributed by atoms with Gasteiger partial charge in [-0.3, -0.25) is 4.79 Å². The van der Waals surface area contributed by atoms with Crippen LogP contribution in [0.4, 0.5) is 0 Å². The van der Waals surface area contributed by atoms with Crippen LogP contribution in [0.2, 0.25) is 5.15 Å². The second kappa shape index (κ2) is 4.05. The van der Waals surface area contributed by atoms with E-state index in [1.807, 2.05) is 6.92 Å². The van der Waals surface area contributed by atoms with E-state index < -0.39 is 0 Å². The highest BCUT2D eigenvalue weighted by Gasteiger charge is 2.02. The fourth-order valence-corrected chi connectivity index (χ4v) is 1.60.